The number of hydrogen-bond acceptors (Lipinski definition) is 2. The van der Waals surface area contributed by atoms with Crippen molar-refractivity contribution in [2.45, 2.75) is 6.54 Å². The molecule has 0 aliphatic rings. The highest BCUT2D eigenvalue weighted by Gasteiger charge is 2.12. The monoisotopic (exact) mass is 249 g/mol. The Bertz CT molecular complexity index is 598. The molecule has 1 aromatic carbocycles. The summed E-state index contributed by atoms with van der Waals surface area (Å²) >= 11 is 5.94. The number of terminal acetylenes is 1. The highest BCUT2D eigenvalue weighted by molar-refractivity contribution is 6.33. The zero-order chi connectivity index (χ0) is 12.4. The van der Waals surface area contributed by atoms with Gasteiger partial charge in [0.1, 0.15) is 17.3 Å². The Kier molecular flexibility index (Phi) is 3.03. The molecule has 17 heavy (non-hydrogen) atoms. The predicted molar refractivity (Wildman–Crippen MR) is 65.9 cm³/mol. The van der Waals surface area contributed by atoms with Gasteiger partial charge in [0.2, 0.25) is 0 Å². The predicted octanol–water partition coefficient (Wildman–Crippen LogP) is 2.56. The largest absolute Gasteiger partial charge is 0.383 e. The average Bonchev–Trinajstić information content (AvgIpc) is 2.62. The van der Waals surface area contributed by atoms with Gasteiger partial charge in [0, 0.05) is 5.56 Å². The van der Waals surface area contributed by atoms with Gasteiger partial charge < -0.3 is 10.3 Å². The zero-order valence-electron chi connectivity index (χ0n) is 8.82. The average molecular weight is 250 g/mol. The maximum atomic E-state index is 12.9. The Morgan fingerprint density at radius 2 is 2.29 bits per heavy atom. The summed E-state index contributed by atoms with van der Waals surface area (Å²) in [6.07, 6.45) is 6.73. The molecule has 0 amide bonds. The van der Waals surface area contributed by atoms with Gasteiger partial charge in [-0.2, -0.15) is 0 Å². The molecule has 0 aliphatic carbocycles. The first-order valence-corrected chi connectivity index (χ1v) is 5.20. The maximum Gasteiger partial charge on any atom is 0.132 e. The van der Waals surface area contributed by atoms with Crippen molar-refractivity contribution >= 4 is 17.4 Å². The van der Waals surface area contributed by atoms with Crippen molar-refractivity contribution in [3.05, 3.63) is 35.4 Å². The molecule has 0 radical (unpaired) electrons. The van der Waals surface area contributed by atoms with Gasteiger partial charge in [0.25, 0.3) is 0 Å². The summed E-state index contributed by atoms with van der Waals surface area (Å²) in [5, 5.41) is 0.266. The van der Waals surface area contributed by atoms with E-state index in [0.29, 0.717) is 23.6 Å². The molecule has 0 unspecified atom stereocenters. The van der Waals surface area contributed by atoms with Crippen molar-refractivity contribution in [2.24, 2.45) is 0 Å². The second-order valence-electron chi connectivity index (χ2n) is 3.43. The van der Waals surface area contributed by atoms with Gasteiger partial charge in [-0.05, 0) is 18.2 Å². The van der Waals surface area contributed by atoms with Crippen LogP contribution in [-0.2, 0) is 6.54 Å². The van der Waals surface area contributed by atoms with Gasteiger partial charge in [-0.25, -0.2) is 9.37 Å². The van der Waals surface area contributed by atoms with Crippen molar-refractivity contribution in [2.75, 3.05) is 5.73 Å². The molecule has 1 aromatic heterocycles. The topological polar surface area (TPSA) is 43.8 Å². The standard InChI is InChI=1S/C12H9ClFN3/c1-2-5-17-7-16-11(12(17)15)9-4-3-8(14)6-10(9)13/h1,3-4,6-7H,5,15H2. The van der Waals surface area contributed by atoms with E-state index in [9.17, 15) is 4.39 Å². The number of halogens is 2. The van der Waals surface area contributed by atoms with E-state index in [4.69, 9.17) is 23.8 Å². The highest BCUT2D eigenvalue weighted by Crippen LogP contribution is 2.31. The van der Waals surface area contributed by atoms with Crippen LogP contribution in [0.2, 0.25) is 5.02 Å². The van der Waals surface area contributed by atoms with Crippen LogP contribution in [0.4, 0.5) is 10.2 Å². The number of imidazole rings is 1. The third-order valence-corrected chi connectivity index (χ3v) is 2.64. The summed E-state index contributed by atoms with van der Waals surface area (Å²) in [7, 11) is 0. The molecular weight excluding hydrogens is 241 g/mol. The van der Waals surface area contributed by atoms with Gasteiger partial charge in [0.15, 0.2) is 0 Å². The van der Waals surface area contributed by atoms with E-state index in [-0.39, 0.29) is 5.02 Å². The first-order valence-electron chi connectivity index (χ1n) is 4.83. The first kappa shape index (κ1) is 11.5. The third-order valence-electron chi connectivity index (χ3n) is 2.33. The lowest BCUT2D eigenvalue weighted by Gasteiger charge is -2.04. The molecule has 2 N–H and O–H groups in total. The Balaban J connectivity index is 2.50. The van der Waals surface area contributed by atoms with Gasteiger partial charge in [-0.3, -0.25) is 0 Å². The van der Waals surface area contributed by atoms with E-state index in [2.05, 4.69) is 10.9 Å². The van der Waals surface area contributed by atoms with Gasteiger partial charge in [-0.1, -0.05) is 17.5 Å². The molecule has 2 aromatic rings. The van der Waals surface area contributed by atoms with Crippen LogP contribution in [0, 0.1) is 18.2 Å². The SMILES string of the molecule is C#CCn1cnc(-c2ccc(F)cc2Cl)c1N. The van der Waals surface area contributed by atoms with Crippen LogP contribution < -0.4 is 5.73 Å². The van der Waals surface area contributed by atoms with E-state index in [1.54, 1.807) is 4.57 Å². The molecule has 5 heteroatoms. The number of nitrogens with zero attached hydrogens (tertiary/aromatic N) is 2. The lowest BCUT2D eigenvalue weighted by Crippen LogP contribution is -2.00. The molecule has 0 aliphatic heterocycles. The fourth-order valence-corrected chi connectivity index (χ4v) is 1.76. The number of hydrogen-bond donors (Lipinski definition) is 1. The smallest absolute Gasteiger partial charge is 0.132 e. The number of anilines is 1. The lowest BCUT2D eigenvalue weighted by molar-refractivity contribution is 0.628. The van der Waals surface area contributed by atoms with Crippen LogP contribution >= 0.6 is 11.6 Å². The van der Waals surface area contributed by atoms with Crippen molar-refractivity contribution in [3.8, 4) is 23.6 Å². The molecule has 0 fully saturated rings. The Morgan fingerprint density at radius 3 is 2.94 bits per heavy atom. The van der Waals surface area contributed by atoms with Gasteiger partial charge >= 0.3 is 0 Å². The summed E-state index contributed by atoms with van der Waals surface area (Å²) in [4.78, 5) is 4.13. The number of nitrogen functional groups attached to an aromatic ring is 1. The summed E-state index contributed by atoms with van der Waals surface area (Å²) < 4.78 is 14.5. The summed E-state index contributed by atoms with van der Waals surface area (Å²) in [6, 6.07) is 4.06. The molecule has 3 nitrogen and oxygen atoms in total. The van der Waals surface area contributed by atoms with Gasteiger partial charge in [-0.15, -0.1) is 6.42 Å². The minimum atomic E-state index is -0.402. The fourth-order valence-electron chi connectivity index (χ4n) is 1.51. The zero-order valence-corrected chi connectivity index (χ0v) is 9.58. The van der Waals surface area contributed by atoms with Crippen molar-refractivity contribution in [1.82, 2.24) is 9.55 Å². The minimum absolute atomic E-state index is 0.266. The van der Waals surface area contributed by atoms with E-state index in [1.807, 2.05) is 0 Å². The molecule has 0 atom stereocenters. The number of aromatic nitrogens is 2. The Labute approximate surface area is 103 Å². The number of rotatable bonds is 2. The van der Waals surface area contributed by atoms with Crippen LogP contribution in [0.5, 0.6) is 0 Å². The van der Waals surface area contributed by atoms with Crippen molar-refractivity contribution in [1.29, 1.82) is 0 Å². The number of nitrogens with two attached hydrogens (primary N) is 1. The van der Waals surface area contributed by atoms with E-state index < -0.39 is 5.82 Å². The molecule has 0 spiro atoms. The molecular formula is C12H9ClFN3. The molecule has 0 bridgehead atoms. The molecule has 86 valence electrons. The Morgan fingerprint density at radius 1 is 1.53 bits per heavy atom. The van der Waals surface area contributed by atoms with Crippen LogP contribution in [0.3, 0.4) is 0 Å². The molecule has 0 saturated heterocycles. The normalized spacial score (nSPS) is 10.2. The summed E-state index contributed by atoms with van der Waals surface area (Å²) in [5.74, 6) is 2.47. The van der Waals surface area contributed by atoms with Crippen LogP contribution in [0.15, 0.2) is 24.5 Å². The van der Waals surface area contributed by atoms with Crippen LogP contribution in [0.1, 0.15) is 0 Å². The summed E-state index contributed by atoms with van der Waals surface area (Å²) in [6.45, 7) is 0.331. The van der Waals surface area contributed by atoms with Gasteiger partial charge in [0.05, 0.1) is 17.9 Å². The second kappa shape index (κ2) is 4.48. The second-order valence-corrected chi connectivity index (χ2v) is 3.84. The minimum Gasteiger partial charge on any atom is -0.383 e. The van der Waals surface area contributed by atoms with Crippen LogP contribution in [0.25, 0.3) is 11.3 Å². The molecule has 1 heterocycles. The van der Waals surface area contributed by atoms with Crippen molar-refractivity contribution in [3.63, 3.8) is 0 Å². The van der Waals surface area contributed by atoms with Crippen LogP contribution in [-0.4, -0.2) is 9.55 Å². The third kappa shape index (κ3) is 2.10. The van der Waals surface area contributed by atoms with E-state index in [0.717, 1.165) is 0 Å². The van der Waals surface area contributed by atoms with E-state index >= 15 is 0 Å². The Hall–Kier alpha value is -1.99. The summed E-state index contributed by atoms with van der Waals surface area (Å²) in [5.41, 5.74) is 6.97. The maximum absolute atomic E-state index is 12.9. The quantitative estimate of drug-likeness (QED) is 0.832. The molecule has 2 rings (SSSR count). The molecule has 0 saturated carbocycles. The first-order chi connectivity index (χ1) is 8.13. The lowest BCUT2D eigenvalue weighted by atomic mass is 10.1. The van der Waals surface area contributed by atoms with E-state index in [1.165, 1.54) is 24.5 Å². The number of benzene rings is 1. The fraction of sp³-hybridized carbons (Fsp3) is 0.0833. The van der Waals surface area contributed by atoms with Crippen molar-refractivity contribution < 1.29 is 4.39 Å². The highest BCUT2D eigenvalue weighted by atomic mass is 35.5.